The summed E-state index contributed by atoms with van der Waals surface area (Å²) >= 11 is 0. The second-order valence-corrected chi connectivity index (χ2v) is 1.87. The van der Waals surface area contributed by atoms with Crippen molar-refractivity contribution in [2.24, 2.45) is 11.7 Å². The molecule has 0 fully saturated rings. The minimum absolute atomic E-state index is 0.00926. The molecule has 1 amide bonds. The first-order valence-corrected chi connectivity index (χ1v) is 3.41. The molecule has 0 aliphatic carbocycles. The third-order valence-corrected chi connectivity index (χ3v) is 0.569. The molecule has 0 atom stereocenters. The number of aliphatic hydroxyl groups is 2. The average molecular weight is 165 g/mol. The number of carbonyl (C=O) groups is 1. The van der Waals surface area contributed by atoms with Gasteiger partial charge in [-0.05, 0) is 6.92 Å². The quantitative estimate of drug-likeness (QED) is 0.500. The predicted molar refractivity (Wildman–Crippen MR) is 44.9 cm³/mol. The van der Waals surface area contributed by atoms with E-state index in [0.717, 1.165) is 7.11 Å². The first-order chi connectivity index (χ1) is 5.06. The molecule has 0 radical (unpaired) electrons. The van der Waals surface area contributed by atoms with Crippen molar-refractivity contribution < 1.29 is 15.0 Å². The van der Waals surface area contributed by atoms with Crippen LogP contribution in [-0.2, 0) is 4.79 Å². The molecule has 11 heavy (non-hydrogen) atoms. The highest BCUT2D eigenvalue weighted by Crippen LogP contribution is 1.84. The number of nitrogens with two attached hydrogens (primary N) is 1. The zero-order valence-electron chi connectivity index (χ0n) is 7.66. The third kappa shape index (κ3) is 44.6. The summed E-state index contributed by atoms with van der Waals surface area (Å²) < 4.78 is 0. The summed E-state index contributed by atoms with van der Waals surface area (Å²) in [6, 6.07) is 0. The van der Waals surface area contributed by atoms with E-state index < -0.39 is 0 Å². The van der Waals surface area contributed by atoms with Crippen LogP contribution in [0.3, 0.4) is 0 Å². The van der Waals surface area contributed by atoms with Crippen LogP contribution in [-0.4, -0.2) is 29.8 Å². The third-order valence-electron chi connectivity index (χ3n) is 0.569. The van der Waals surface area contributed by atoms with Crippen LogP contribution in [0.2, 0.25) is 0 Å². The molecule has 0 saturated heterocycles. The van der Waals surface area contributed by atoms with E-state index in [0.29, 0.717) is 0 Å². The van der Waals surface area contributed by atoms with Crippen LogP contribution in [0.5, 0.6) is 0 Å². The van der Waals surface area contributed by atoms with Gasteiger partial charge in [0.05, 0.1) is 0 Å². The Morgan fingerprint density at radius 2 is 1.55 bits per heavy atom. The van der Waals surface area contributed by atoms with Gasteiger partial charge in [0.2, 0.25) is 5.91 Å². The molecule has 0 heterocycles. The molecule has 0 rings (SSSR count). The van der Waals surface area contributed by atoms with Crippen LogP contribution in [0.1, 0.15) is 20.8 Å². The van der Waals surface area contributed by atoms with Gasteiger partial charge >= 0.3 is 0 Å². The molecule has 0 aromatic carbocycles. The first kappa shape index (κ1) is 16.8. The van der Waals surface area contributed by atoms with Crippen molar-refractivity contribution in [1.29, 1.82) is 0 Å². The van der Waals surface area contributed by atoms with Gasteiger partial charge in [-0.25, -0.2) is 0 Å². The van der Waals surface area contributed by atoms with Gasteiger partial charge in [-0.1, -0.05) is 13.8 Å². The summed E-state index contributed by atoms with van der Waals surface area (Å²) in [7, 11) is 1.00. The number of hydrogen-bond donors (Lipinski definition) is 3. The van der Waals surface area contributed by atoms with Crippen molar-refractivity contribution in [2.75, 3.05) is 13.7 Å². The van der Waals surface area contributed by atoms with Gasteiger partial charge in [0.15, 0.2) is 0 Å². The molecule has 0 aliphatic heterocycles. The Labute approximate surface area is 68.0 Å². The van der Waals surface area contributed by atoms with Gasteiger partial charge in [0, 0.05) is 19.6 Å². The van der Waals surface area contributed by atoms with Gasteiger partial charge in [0.25, 0.3) is 0 Å². The van der Waals surface area contributed by atoms with Crippen molar-refractivity contribution in [1.82, 2.24) is 0 Å². The molecular weight excluding hydrogens is 146 g/mol. The van der Waals surface area contributed by atoms with Crippen LogP contribution >= 0.6 is 0 Å². The highest BCUT2D eigenvalue weighted by Gasteiger charge is 1.96. The molecule has 4 nitrogen and oxygen atoms in total. The summed E-state index contributed by atoms with van der Waals surface area (Å²) in [5, 5.41) is 14.6. The molecular formula is C7H19NO3. The van der Waals surface area contributed by atoms with E-state index >= 15 is 0 Å². The number of aliphatic hydroxyl groups excluding tert-OH is 2. The van der Waals surface area contributed by atoms with E-state index in [1.807, 2.05) is 0 Å². The highest BCUT2D eigenvalue weighted by atomic mass is 16.2. The topological polar surface area (TPSA) is 83.6 Å². The Morgan fingerprint density at radius 3 is 1.55 bits per heavy atom. The van der Waals surface area contributed by atoms with Gasteiger partial charge in [-0.2, -0.15) is 0 Å². The molecule has 0 aromatic heterocycles. The average Bonchev–Trinajstić information content (AvgIpc) is 1.93. The zero-order chi connectivity index (χ0) is 9.86. The summed E-state index contributed by atoms with van der Waals surface area (Å²) in [5.41, 5.74) is 4.80. The number of amides is 1. The molecule has 4 heteroatoms. The fraction of sp³-hybridized carbons (Fsp3) is 0.857. The van der Waals surface area contributed by atoms with E-state index in [1.54, 1.807) is 20.8 Å². The molecule has 0 spiro atoms. The van der Waals surface area contributed by atoms with Crippen molar-refractivity contribution in [3.8, 4) is 0 Å². The minimum Gasteiger partial charge on any atom is -0.400 e. The lowest BCUT2D eigenvalue weighted by Gasteiger charge is -1.90. The first-order valence-electron chi connectivity index (χ1n) is 3.41. The van der Waals surface area contributed by atoms with Gasteiger partial charge < -0.3 is 15.9 Å². The lowest BCUT2D eigenvalue weighted by Crippen LogP contribution is -2.17. The Hall–Kier alpha value is -0.610. The number of hydrogen-bond acceptors (Lipinski definition) is 3. The SMILES string of the molecule is CC(C)C(N)=O.CCO.CO. The van der Waals surface area contributed by atoms with Crippen molar-refractivity contribution in [3.05, 3.63) is 0 Å². The van der Waals surface area contributed by atoms with Gasteiger partial charge in [0.1, 0.15) is 0 Å². The van der Waals surface area contributed by atoms with Crippen LogP contribution in [0, 0.1) is 5.92 Å². The number of primary amides is 1. The Morgan fingerprint density at radius 1 is 1.45 bits per heavy atom. The van der Waals surface area contributed by atoms with E-state index in [2.05, 4.69) is 0 Å². The minimum atomic E-state index is -0.241. The predicted octanol–water partition coefficient (Wildman–Crippen LogP) is -0.265. The Kier molecular flexibility index (Phi) is 24.7. The summed E-state index contributed by atoms with van der Waals surface area (Å²) in [6.45, 7) is 5.46. The Balaban J connectivity index is -0.000000109. The Bertz CT molecular complexity index is 74.1. The lowest BCUT2D eigenvalue weighted by atomic mass is 10.2. The summed E-state index contributed by atoms with van der Waals surface area (Å²) in [6.07, 6.45) is 0. The highest BCUT2D eigenvalue weighted by molar-refractivity contribution is 5.75. The van der Waals surface area contributed by atoms with Crippen LogP contribution in [0.25, 0.3) is 0 Å². The van der Waals surface area contributed by atoms with E-state index in [9.17, 15) is 4.79 Å². The van der Waals surface area contributed by atoms with Gasteiger partial charge in [-0.15, -0.1) is 0 Å². The van der Waals surface area contributed by atoms with Crippen molar-refractivity contribution in [3.63, 3.8) is 0 Å². The van der Waals surface area contributed by atoms with E-state index in [4.69, 9.17) is 15.9 Å². The van der Waals surface area contributed by atoms with E-state index in [-0.39, 0.29) is 18.4 Å². The normalized spacial score (nSPS) is 7.18. The molecule has 4 N–H and O–H groups in total. The summed E-state index contributed by atoms with van der Waals surface area (Å²) in [5.74, 6) is -0.250. The number of carbonyl (C=O) groups excluding carboxylic acids is 1. The van der Waals surface area contributed by atoms with Crippen molar-refractivity contribution in [2.45, 2.75) is 20.8 Å². The maximum Gasteiger partial charge on any atom is 0.219 e. The second kappa shape index (κ2) is 16.2. The second-order valence-electron chi connectivity index (χ2n) is 1.87. The zero-order valence-corrected chi connectivity index (χ0v) is 7.66. The van der Waals surface area contributed by atoms with Crippen LogP contribution in [0.15, 0.2) is 0 Å². The summed E-state index contributed by atoms with van der Waals surface area (Å²) in [4.78, 5) is 9.92. The standard InChI is InChI=1S/C4H9NO.C2H6O.CH4O/c1-3(2)4(5)6;1-2-3;1-2/h3H,1-2H3,(H2,5,6);3H,2H2,1H3;2H,1H3. The smallest absolute Gasteiger partial charge is 0.219 e. The fourth-order valence-corrected chi connectivity index (χ4v) is 0. The fourth-order valence-electron chi connectivity index (χ4n) is 0. The molecule has 0 unspecified atom stereocenters. The molecule has 0 aromatic rings. The molecule has 0 saturated carbocycles. The maximum atomic E-state index is 9.92. The largest absolute Gasteiger partial charge is 0.400 e. The maximum absolute atomic E-state index is 9.92. The molecule has 70 valence electrons. The van der Waals surface area contributed by atoms with Crippen LogP contribution < -0.4 is 5.73 Å². The lowest BCUT2D eigenvalue weighted by molar-refractivity contribution is -0.120. The van der Waals surface area contributed by atoms with Crippen molar-refractivity contribution >= 4 is 5.91 Å². The van der Waals surface area contributed by atoms with Crippen LogP contribution in [0.4, 0.5) is 0 Å². The monoisotopic (exact) mass is 165 g/mol. The van der Waals surface area contributed by atoms with Gasteiger partial charge in [-0.3, -0.25) is 4.79 Å². The van der Waals surface area contributed by atoms with E-state index in [1.165, 1.54) is 0 Å². The molecule has 0 aliphatic rings. The molecule has 0 bridgehead atoms. The number of rotatable bonds is 1.